The SMILES string of the molecule is CCC1CN(CCCC(=O)c2cccs2)CCO1. The number of hydrogen-bond acceptors (Lipinski definition) is 4. The topological polar surface area (TPSA) is 29.5 Å². The number of ether oxygens (including phenoxy) is 1. The highest BCUT2D eigenvalue weighted by molar-refractivity contribution is 7.12. The molecule has 1 aromatic heterocycles. The first-order chi connectivity index (χ1) is 8.79. The first kappa shape index (κ1) is 13.7. The number of carbonyl (C=O) groups excluding carboxylic acids is 1. The predicted octanol–water partition coefficient (Wildman–Crippen LogP) is 2.82. The van der Waals surface area contributed by atoms with Gasteiger partial charge in [-0.15, -0.1) is 11.3 Å². The molecule has 1 atom stereocenters. The highest BCUT2D eigenvalue weighted by Gasteiger charge is 2.18. The van der Waals surface area contributed by atoms with Gasteiger partial charge in [-0.25, -0.2) is 0 Å². The van der Waals surface area contributed by atoms with Crippen molar-refractivity contribution in [2.24, 2.45) is 0 Å². The quantitative estimate of drug-likeness (QED) is 0.742. The summed E-state index contributed by atoms with van der Waals surface area (Å²) >= 11 is 1.54. The Labute approximate surface area is 113 Å². The maximum Gasteiger partial charge on any atom is 0.172 e. The molecule has 1 aliphatic heterocycles. The van der Waals surface area contributed by atoms with Crippen molar-refractivity contribution in [1.82, 2.24) is 4.90 Å². The molecule has 0 aliphatic carbocycles. The molecule has 0 amide bonds. The molecule has 1 aromatic rings. The summed E-state index contributed by atoms with van der Waals surface area (Å²) in [5.41, 5.74) is 0. The average molecular weight is 267 g/mol. The van der Waals surface area contributed by atoms with Crippen LogP contribution in [0.4, 0.5) is 0 Å². The molecule has 1 fully saturated rings. The lowest BCUT2D eigenvalue weighted by Gasteiger charge is -2.32. The molecule has 1 unspecified atom stereocenters. The van der Waals surface area contributed by atoms with Crippen LogP contribution < -0.4 is 0 Å². The lowest BCUT2D eigenvalue weighted by atomic mass is 10.1. The van der Waals surface area contributed by atoms with Crippen LogP contribution in [0.15, 0.2) is 17.5 Å². The number of Topliss-reactive ketones (excluding diaryl/α,β-unsaturated/α-hetero) is 1. The molecule has 0 bridgehead atoms. The molecule has 2 heterocycles. The van der Waals surface area contributed by atoms with Crippen molar-refractivity contribution >= 4 is 17.1 Å². The van der Waals surface area contributed by atoms with Crippen molar-refractivity contribution in [2.75, 3.05) is 26.2 Å². The van der Waals surface area contributed by atoms with E-state index in [0.717, 1.165) is 44.0 Å². The summed E-state index contributed by atoms with van der Waals surface area (Å²) < 4.78 is 5.64. The van der Waals surface area contributed by atoms with E-state index in [4.69, 9.17) is 4.74 Å². The summed E-state index contributed by atoms with van der Waals surface area (Å²) in [7, 11) is 0. The molecule has 0 radical (unpaired) electrons. The van der Waals surface area contributed by atoms with E-state index in [0.29, 0.717) is 12.5 Å². The Morgan fingerprint density at radius 2 is 2.50 bits per heavy atom. The minimum Gasteiger partial charge on any atom is -0.376 e. The molecule has 0 N–H and O–H groups in total. The zero-order valence-electron chi connectivity index (χ0n) is 10.9. The monoisotopic (exact) mass is 267 g/mol. The molecular weight excluding hydrogens is 246 g/mol. The average Bonchev–Trinajstić information content (AvgIpc) is 2.93. The number of rotatable bonds is 6. The maximum atomic E-state index is 11.8. The summed E-state index contributed by atoms with van der Waals surface area (Å²) in [4.78, 5) is 15.1. The number of thiophene rings is 1. The van der Waals surface area contributed by atoms with Gasteiger partial charge in [0.25, 0.3) is 0 Å². The summed E-state index contributed by atoms with van der Waals surface area (Å²) in [6.07, 6.45) is 3.07. The van der Waals surface area contributed by atoms with Crippen molar-refractivity contribution in [3.05, 3.63) is 22.4 Å². The van der Waals surface area contributed by atoms with Gasteiger partial charge < -0.3 is 4.74 Å². The van der Waals surface area contributed by atoms with Crippen molar-refractivity contribution in [3.63, 3.8) is 0 Å². The highest BCUT2D eigenvalue weighted by atomic mass is 32.1. The summed E-state index contributed by atoms with van der Waals surface area (Å²) in [6, 6.07) is 3.85. The number of nitrogens with zero attached hydrogens (tertiary/aromatic N) is 1. The second-order valence-electron chi connectivity index (χ2n) is 4.71. The van der Waals surface area contributed by atoms with Gasteiger partial charge in [0.15, 0.2) is 5.78 Å². The third-order valence-corrected chi connectivity index (χ3v) is 4.26. The van der Waals surface area contributed by atoms with Gasteiger partial charge in [0, 0.05) is 19.5 Å². The van der Waals surface area contributed by atoms with Crippen molar-refractivity contribution in [1.29, 1.82) is 0 Å². The Bertz CT molecular complexity index is 364. The van der Waals surface area contributed by atoms with Crippen molar-refractivity contribution in [2.45, 2.75) is 32.3 Å². The minimum absolute atomic E-state index is 0.283. The third kappa shape index (κ3) is 3.90. The van der Waals surface area contributed by atoms with Gasteiger partial charge >= 0.3 is 0 Å². The van der Waals surface area contributed by atoms with Crippen LogP contribution in [0.3, 0.4) is 0 Å². The molecule has 0 aromatic carbocycles. The van der Waals surface area contributed by atoms with E-state index in [1.807, 2.05) is 17.5 Å². The molecule has 0 spiro atoms. The Morgan fingerprint density at radius 3 is 3.22 bits per heavy atom. The van der Waals surface area contributed by atoms with Gasteiger partial charge in [-0.3, -0.25) is 9.69 Å². The molecular formula is C14H21NO2S. The smallest absolute Gasteiger partial charge is 0.172 e. The largest absolute Gasteiger partial charge is 0.376 e. The van der Waals surface area contributed by atoms with E-state index >= 15 is 0 Å². The first-order valence-electron chi connectivity index (χ1n) is 6.70. The van der Waals surface area contributed by atoms with Crippen LogP contribution in [0.2, 0.25) is 0 Å². The summed E-state index contributed by atoms with van der Waals surface area (Å²) in [5, 5.41) is 1.96. The van der Waals surface area contributed by atoms with E-state index in [1.54, 1.807) is 0 Å². The molecule has 18 heavy (non-hydrogen) atoms. The highest BCUT2D eigenvalue weighted by Crippen LogP contribution is 2.13. The molecule has 0 saturated carbocycles. The number of hydrogen-bond donors (Lipinski definition) is 0. The van der Waals surface area contributed by atoms with Gasteiger partial charge in [-0.1, -0.05) is 13.0 Å². The van der Waals surface area contributed by atoms with Gasteiger partial charge in [-0.05, 0) is 30.8 Å². The van der Waals surface area contributed by atoms with Crippen LogP contribution >= 0.6 is 11.3 Å². The van der Waals surface area contributed by atoms with Crippen molar-refractivity contribution in [3.8, 4) is 0 Å². The summed E-state index contributed by atoms with van der Waals surface area (Å²) in [5.74, 6) is 0.283. The molecule has 1 saturated heterocycles. The van der Waals surface area contributed by atoms with E-state index < -0.39 is 0 Å². The fourth-order valence-electron chi connectivity index (χ4n) is 2.25. The van der Waals surface area contributed by atoms with Crippen LogP contribution in [0.25, 0.3) is 0 Å². The Morgan fingerprint density at radius 1 is 1.61 bits per heavy atom. The van der Waals surface area contributed by atoms with Crippen LogP contribution in [0.5, 0.6) is 0 Å². The van der Waals surface area contributed by atoms with Crippen LogP contribution in [-0.4, -0.2) is 43.0 Å². The Balaban J connectivity index is 1.67. The minimum atomic E-state index is 0.283. The summed E-state index contributed by atoms with van der Waals surface area (Å²) in [6.45, 7) is 6.02. The number of morpholine rings is 1. The van der Waals surface area contributed by atoms with Crippen LogP contribution in [0, 0.1) is 0 Å². The molecule has 2 rings (SSSR count). The second kappa shape index (κ2) is 7.02. The van der Waals surface area contributed by atoms with E-state index in [1.165, 1.54) is 11.3 Å². The van der Waals surface area contributed by atoms with Gasteiger partial charge in [0.05, 0.1) is 17.6 Å². The third-order valence-electron chi connectivity index (χ3n) is 3.35. The maximum absolute atomic E-state index is 11.8. The van der Waals surface area contributed by atoms with Crippen molar-refractivity contribution < 1.29 is 9.53 Å². The van der Waals surface area contributed by atoms with E-state index in [-0.39, 0.29) is 5.78 Å². The van der Waals surface area contributed by atoms with Crippen LogP contribution in [-0.2, 0) is 4.74 Å². The van der Waals surface area contributed by atoms with Gasteiger partial charge in [0.1, 0.15) is 0 Å². The zero-order chi connectivity index (χ0) is 12.8. The Hall–Kier alpha value is -0.710. The number of carbonyl (C=O) groups is 1. The second-order valence-corrected chi connectivity index (χ2v) is 5.65. The number of ketones is 1. The molecule has 4 heteroatoms. The standard InChI is InChI=1S/C14H21NO2S/c1-2-12-11-15(8-9-17-12)7-3-5-13(16)14-6-4-10-18-14/h4,6,10,12H,2-3,5,7-9,11H2,1H3. The first-order valence-corrected chi connectivity index (χ1v) is 7.58. The molecule has 3 nitrogen and oxygen atoms in total. The molecule has 100 valence electrons. The fraction of sp³-hybridized carbons (Fsp3) is 0.643. The van der Waals surface area contributed by atoms with Crippen LogP contribution in [0.1, 0.15) is 35.9 Å². The Kier molecular flexibility index (Phi) is 5.35. The normalized spacial score (nSPS) is 21.1. The van der Waals surface area contributed by atoms with E-state index in [2.05, 4.69) is 11.8 Å². The van der Waals surface area contributed by atoms with E-state index in [9.17, 15) is 4.79 Å². The molecule has 1 aliphatic rings. The fourth-order valence-corrected chi connectivity index (χ4v) is 2.95. The van der Waals surface area contributed by atoms with Gasteiger partial charge in [-0.2, -0.15) is 0 Å². The lowest BCUT2D eigenvalue weighted by molar-refractivity contribution is -0.0297. The lowest BCUT2D eigenvalue weighted by Crippen LogP contribution is -2.42. The predicted molar refractivity (Wildman–Crippen MR) is 74.4 cm³/mol. The zero-order valence-corrected chi connectivity index (χ0v) is 11.7. The van der Waals surface area contributed by atoms with Gasteiger partial charge in [0.2, 0.25) is 0 Å².